The highest BCUT2D eigenvalue weighted by Gasteiger charge is 2.24. The first-order valence-electron chi connectivity index (χ1n) is 8.91. The third-order valence-corrected chi connectivity index (χ3v) is 5.05. The van der Waals surface area contributed by atoms with Gasteiger partial charge in [0, 0.05) is 23.2 Å². The van der Waals surface area contributed by atoms with Gasteiger partial charge < -0.3 is 10.6 Å². The Hall–Kier alpha value is -1.81. The predicted molar refractivity (Wildman–Crippen MR) is 102 cm³/mol. The second-order valence-electron chi connectivity index (χ2n) is 7.03. The van der Waals surface area contributed by atoms with Crippen molar-refractivity contribution in [1.82, 2.24) is 10.6 Å². The van der Waals surface area contributed by atoms with Gasteiger partial charge in [0.05, 0.1) is 0 Å². The third-order valence-electron chi connectivity index (χ3n) is 4.81. The van der Waals surface area contributed by atoms with Gasteiger partial charge in [-0.05, 0) is 61.3 Å². The summed E-state index contributed by atoms with van der Waals surface area (Å²) in [5, 5.41) is 6.58. The van der Waals surface area contributed by atoms with Crippen LogP contribution in [-0.2, 0) is 4.79 Å². The van der Waals surface area contributed by atoms with E-state index >= 15 is 0 Å². The maximum Gasteiger partial charge on any atom is 0.251 e. The molecule has 25 heavy (non-hydrogen) atoms. The van der Waals surface area contributed by atoms with Crippen LogP contribution in [0.25, 0.3) is 0 Å². The molecule has 1 aromatic rings. The number of carbonyl (C=O) groups excluding carboxylic acids is 2. The normalized spacial score (nSPS) is 20.2. The Labute approximate surface area is 155 Å². The molecule has 136 valence electrons. The Kier molecular flexibility index (Phi) is 7.06. The van der Waals surface area contributed by atoms with Crippen molar-refractivity contribution in [3.8, 4) is 0 Å². The monoisotopic (exact) mass is 362 g/mol. The van der Waals surface area contributed by atoms with Crippen LogP contribution in [0.5, 0.6) is 0 Å². The standard InChI is InChI=1S/C20H27ClN2O2/c1-4-19(24)22-12-14-5-8-16(9-6-14)23-20(25)18-11-15(21)7-10-17(18)13(2)3/h4,7,10-11,13-14,16H,1,5-6,8-9,12H2,2-3H3,(H,22,24)(H,23,25). The molecular formula is C20H27ClN2O2. The van der Waals surface area contributed by atoms with E-state index in [4.69, 9.17) is 11.6 Å². The second-order valence-corrected chi connectivity index (χ2v) is 7.46. The minimum Gasteiger partial charge on any atom is -0.352 e. The van der Waals surface area contributed by atoms with Crippen LogP contribution in [0.3, 0.4) is 0 Å². The lowest BCUT2D eigenvalue weighted by Gasteiger charge is -2.29. The van der Waals surface area contributed by atoms with Crippen LogP contribution in [0.1, 0.15) is 61.4 Å². The highest BCUT2D eigenvalue weighted by Crippen LogP contribution is 2.26. The zero-order chi connectivity index (χ0) is 18.4. The first-order valence-corrected chi connectivity index (χ1v) is 9.29. The Bertz CT molecular complexity index is 635. The summed E-state index contributed by atoms with van der Waals surface area (Å²) < 4.78 is 0. The van der Waals surface area contributed by atoms with Gasteiger partial charge in [-0.3, -0.25) is 9.59 Å². The summed E-state index contributed by atoms with van der Waals surface area (Å²) in [5.74, 6) is 0.559. The van der Waals surface area contributed by atoms with Crippen molar-refractivity contribution >= 4 is 23.4 Å². The van der Waals surface area contributed by atoms with Crippen molar-refractivity contribution in [1.29, 1.82) is 0 Å². The third kappa shape index (κ3) is 5.60. The molecule has 5 heteroatoms. The van der Waals surface area contributed by atoms with Crippen LogP contribution >= 0.6 is 11.6 Å². The van der Waals surface area contributed by atoms with Crippen molar-refractivity contribution in [2.24, 2.45) is 5.92 Å². The van der Waals surface area contributed by atoms with E-state index in [1.807, 2.05) is 12.1 Å². The molecule has 2 N–H and O–H groups in total. The number of benzene rings is 1. The summed E-state index contributed by atoms with van der Waals surface area (Å²) in [6.45, 7) is 8.28. The van der Waals surface area contributed by atoms with Gasteiger partial charge in [0.1, 0.15) is 0 Å². The molecule has 0 aliphatic heterocycles. The maximum atomic E-state index is 12.7. The molecule has 1 aliphatic carbocycles. The Morgan fingerprint density at radius 2 is 1.96 bits per heavy atom. The fourth-order valence-electron chi connectivity index (χ4n) is 3.32. The molecule has 1 fully saturated rings. The molecule has 2 rings (SSSR count). The van der Waals surface area contributed by atoms with Crippen molar-refractivity contribution < 1.29 is 9.59 Å². The van der Waals surface area contributed by atoms with Gasteiger partial charge in [0.15, 0.2) is 0 Å². The predicted octanol–water partition coefficient (Wildman–Crippen LogP) is 4.05. The van der Waals surface area contributed by atoms with Gasteiger partial charge in [-0.15, -0.1) is 0 Å². The summed E-state index contributed by atoms with van der Waals surface area (Å²) >= 11 is 6.08. The topological polar surface area (TPSA) is 58.2 Å². The smallest absolute Gasteiger partial charge is 0.251 e. The van der Waals surface area contributed by atoms with Crippen LogP contribution in [0.4, 0.5) is 0 Å². The number of carbonyl (C=O) groups is 2. The first kappa shape index (κ1) is 19.5. The maximum absolute atomic E-state index is 12.7. The van der Waals surface area contributed by atoms with Crippen molar-refractivity contribution in [2.45, 2.75) is 51.5 Å². The largest absolute Gasteiger partial charge is 0.352 e. The minimum absolute atomic E-state index is 0.0467. The number of hydrogen-bond acceptors (Lipinski definition) is 2. The van der Waals surface area contributed by atoms with E-state index < -0.39 is 0 Å². The lowest BCUT2D eigenvalue weighted by molar-refractivity contribution is -0.116. The van der Waals surface area contributed by atoms with E-state index in [0.717, 1.165) is 31.2 Å². The highest BCUT2D eigenvalue weighted by atomic mass is 35.5. The minimum atomic E-state index is -0.127. The van der Waals surface area contributed by atoms with Crippen LogP contribution in [-0.4, -0.2) is 24.4 Å². The zero-order valence-electron chi connectivity index (χ0n) is 15.0. The van der Waals surface area contributed by atoms with Crippen LogP contribution in [0, 0.1) is 5.92 Å². The molecule has 0 radical (unpaired) electrons. The molecule has 4 nitrogen and oxygen atoms in total. The van der Waals surface area contributed by atoms with Gasteiger partial charge in [-0.2, -0.15) is 0 Å². The van der Waals surface area contributed by atoms with E-state index in [1.165, 1.54) is 6.08 Å². The number of hydrogen-bond donors (Lipinski definition) is 2. The molecule has 0 unspecified atom stereocenters. The van der Waals surface area contributed by atoms with Gasteiger partial charge in [-0.1, -0.05) is 38.1 Å². The Morgan fingerprint density at radius 1 is 1.28 bits per heavy atom. The van der Waals surface area contributed by atoms with Crippen LogP contribution in [0.15, 0.2) is 30.9 Å². The zero-order valence-corrected chi connectivity index (χ0v) is 15.7. The SMILES string of the molecule is C=CC(=O)NCC1CCC(NC(=O)c2cc(Cl)ccc2C(C)C)CC1. The lowest BCUT2D eigenvalue weighted by atomic mass is 9.85. The number of halogens is 1. The molecule has 1 saturated carbocycles. The molecule has 0 spiro atoms. The summed E-state index contributed by atoms with van der Waals surface area (Å²) in [6, 6.07) is 5.69. The Balaban J connectivity index is 1.90. The molecule has 0 heterocycles. The molecule has 1 aromatic carbocycles. The summed E-state index contributed by atoms with van der Waals surface area (Å²) in [5.41, 5.74) is 1.69. The van der Waals surface area contributed by atoms with Gasteiger partial charge in [0.2, 0.25) is 5.91 Å². The molecule has 0 saturated heterocycles. The summed E-state index contributed by atoms with van der Waals surface area (Å²) in [7, 11) is 0. The lowest BCUT2D eigenvalue weighted by Crippen LogP contribution is -2.40. The van der Waals surface area contributed by atoms with Gasteiger partial charge in [-0.25, -0.2) is 0 Å². The molecule has 2 amide bonds. The number of rotatable bonds is 6. The van der Waals surface area contributed by atoms with E-state index in [-0.39, 0.29) is 23.8 Å². The van der Waals surface area contributed by atoms with E-state index in [9.17, 15) is 9.59 Å². The van der Waals surface area contributed by atoms with E-state index in [0.29, 0.717) is 23.0 Å². The summed E-state index contributed by atoms with van der Waals surface area (Å²) in [6.07, 6.45) is 5.14. The van der Waals surface area contributed by atoms with Crippen LogP contribution < -0.4 is 10.6 Å². The number of nitrogens with one attached hydrogen (secondary N) is 2. The first-order chi connectivity index (χ1) is 11.9. The molecule has 0 aromatic heterocycles. The highest BCUT2D eigenvalue weighted by molar-refractivity contribution is 6.31. The van der Waals surface area contributed by atoms with Crippen molar-refractivity contribution in [2.75, 3.05) is 6.54 Å². The van der Waals surface area contributed by atoms with E-state index in [2.05, 4.69) is 31.1 Å². The fourth-order valence-corrected chi connectivity index (χ4v) is 3.49. The van der Waals surface area contributed by atoms with Crippen molar-refractivity contribution in [3.63, 3.8) is 0 Å². The van der Waals surface area contributed by atoms with Crippen LogP contribution in [0.2, 0.25) is 5.02 Å². The van der Waals surface area contributed by atoms with Gasteiger partial charge >= 0.3 is 0 Å². The fraction of sp³-hybridized carbons (Fsp3) is 0.500. The molecule has 0 bridgehead atoms. The Morgan fingerprint density at radius 3 is 2.56 bits per heavy atom. The summed E-state index contributed by atoms with van der Waals surface area (Å²) in [4.78, 5) is 23.9. The molecular weight excluding hydrogens is 336 g/mol. The van der Waals surface area contributed by atoms with Crippen molar-refractivity contribution in [3.05, 3.63) is 47.0 Å². The average Bonchev–Trinajstić information content (AvgIpc) is 2.60. The second kappa shape index (κ2) is 9.04. The van der Waals surface area contributed by atoms with Gasteiger partial charge in [0.25, 0.3) is 5.91 Å². The molecule has 0 atom stereocenters. The van der Waals surface area contributed by atoms with E-state index in [1.54, 1.807) is 6.07 Å². The quantitative estimate of drug-likeness (QED) is 0.750. The molecule has 1 aliphatic rings. The number of amides is 2. The average molecular weight is 363 g/mol.